The van der Waals surface area contributed by atoms with Crippen LogP contribution in [-0.2, 0) is 5.41 Å². The smallest absolute Gasteiger partial charge is 0.116 e. The van der Waals surface area contributed by atoms with E-state index >= 15 is 0 Å². The van der Waals surface area contributed by atoms with Gasteiger partial charge in [-0.3, -0.25) is 0 Å². The third-order valence-corrected chi connectivity index (χ3v) is 2.28. The van der Waals surface area contributed by atoms with E-state index in [2.05, 4.69) is 40.7 Å². The average molecular weight is 214 g/mol. The molecule has 0 amide bonds. The monoisotopic (exact) mass is 214 g/mol. The second-order valence-corrected chi connectivity index (χ2v) is 4.63. The minimum absolute atomic E-state index is 0.0186. The van der Waals surface area contributed by atoms with Crippen molar-refractivity contribution in [2.75, 3.05) is 0 Å². The summed E-state index contributed by atoms with van der Waals surface area (Å²) in [6.07, 6.45) is 4.81. The van der Waals surface area contributed by atoms with E-state index in [1.54, 1.807) is 12.5 Å². The van der Waals surface area contributed by atoms with Gasteiger partial charge >= 0.3 is 0 Å². The first-order valence-corrected chi connectivity index (χ1v) is 5.16. The molecule has 0 bridgehead atoms. The van der Waals surface area contributed by atoms with Gasteiger partial charge in [-0.1, -0.05) is 20.8 Å². The van der Waals surface area contributed by atoms with Gasteiger partial charge in [0.2, 0.25) is 0 Å². The van der Waals surface area contributed by atoms with Crippen LogP contribution in [0.4, 0.5) is 0 Å². The van der Waals surface area contributed by atoms with Crippen LogP contribution in [0.3, 0.4) is 0 Å². The molecular formula is C12H14N4. The highest BCUT2D eigenvalue weighted by molar-refractivity contribution is 5.53. The Morgan fingerprint density at radius 2 is 1.69 bits per heavy atom. The molecule has 4 heteroatoms. The lowest BCUT2D eigenvalue weighted by atomic mass is 9.91. The van der Waals surface area contributed by atoms with Gasteiger partial charge in [0, 0.05) is 17.3 Å². The molecule has 82 valence electrons. The van der Waals surface area contributed by atoms with E-state index in [4.69, 9.17) is 0 Å². The molecule has 0 aliphatic carbocycles. The quantitative estimate of drug-likeness (QED) is 0.730. The Balaban J connectivity index is 2.45. The Hall–Kier alpha value is -1.84. The highest BCUT2D eigenvalue weighted by Gasteiger charge is 2.16. The molecule has 0 unspecified atom stereocenters. The van der Waals surface area contributed by atoms with E-state index in [0.717, 1.165) is 17.1 Å². The first-order chi connectivity index (χ1) is 7.57. The minimum Gasteiger partial charge on any atom is -0.245 e. The second-order valence-electron chi connectivity index (χ2n) is 4.63. The Morgan fingerprint density at radius 3 is 2.31 bits per heavy atom. The van der Waals surface area contributed by atoms with Gasteiger partial charge in [-0.15, -0.1) is 0 Å². The van der Waals surface area contributed by atoms with Crippen LogP contribution >= 0.6 is 0 Å². The van der Waals surface area contributed by atoms with E-state index in [9.17, 15) is 0 Å². The summed E-state index contributed by atoms with van der Waals surface area (Å²) in [4.78, 5) is 16.6. The third-order valence-electron chi connectivity index (χ3n) is 2.28. The first-order valence-electron chi connectivity index (χ1n) is 5.16. The molecule has 0 atom stereocenters. The van der Waals surface area contributed by atoms with E-state index in [-0.39, 0.29) is 5.41 Å². The molecule has 0 N–H and O–H groups in total. The van der Waals surface area contributed by atoms with E-state index in [1.165, 1.54) is 6.33 Å². The highest BCUT2D eigenvalue weighted by Crippen LogP contribution is 2.22. The molecule has 0 aliphatic heterocycles. The van der Waals surface area contributed by atoms with Gasteiger partial charge in [-0.2, -0.15) is 0 Å². The lowest BCUT2D eigenvalue weighted by Crippen LogP contribution is -2.13. The van der Waals surface area contributed by atoms with Gasteiger partial charge in [0.1, 0.15) is 12.7 Å². The standard InChI is InChI=1S/C12H14N4/c1-12(2,3)11-6-10(15-8-16-11)9-4-5-13-7-14-9/h4-8H,1-3H3. The van der Waals surface area contributed by atoms with Crippen molar-refractivity contribution in [3.05, 3.63) is 36.7 Å². The molecule has 0 spiro atoms. The van der Waals surface area contributed by atoms with Crippen LogP contribution in [0.15, 0.2) is 31.0 Å². The SMILES string of the molecule is CC(C)(C)c1cc(-c2ccncn2)ncn1. The molecule has 0 aromatic carbocycles. The summed E-state index contributed by atoms with van der Waals surface area (Å²) < 4.78 is 0. The van der Waals surface area contributed by atoms with E-state index in [0.29, 0.717) is 0 Å². The molecule has 4 nitrogen and oxygen atoms in total. The Bertz CT molecular complexity index is 474. The number of hydrogen-bond donors (Lipinski definition) is 0. The minimum atomic E-state index is 0.0186. The highest BCUT2D eigenvalue weighted by atomic mass is 14.9. The number of nitrogens with zero attached hydrogens (tertiary/aromatic N) is 4. The lowest BCUT2D eigenvalue weighted by Gasteiger charge is -2.17. The fourth-order valence-electron chi connectivity index (χ4n) is 1.35. The van der Waals surface area contributed by atoms with Crippen molar-refractivity contribution in [3.8, 4) is 11.4 Å². The van der Waals surface area contributed by atoms with Crippen LogP contribution in [0.25, 0.3) is 11.4 Å². The average Bonchev–Trinajstić information content (AvgIpc) is 2.29. The van der Waals surface area contributed by atoms with Crippen LogP contribution in [0.5, 0.6) is 0 Å². The molecule has 0 fully saturated rings. The maximum atomic E-state index is 4.28. The van der Waals surface area contributed by atoms with Crippen molar-refractivity contribution in [1.29, 1.82) is 0 Å². The summed E-state index contributed by atoms with van der Waals surface area (Å²) in [7, 11) is 0. The molecule has 0 saturated heterocycles. The van der Waals surface area contributed by atoms with Gasteiger partial charge in [-0.25, -0.2) is 19.9 Å². The summed E-state index contributed by atoms with van der Waals surface area (Å²) >= 11 is 0. The summed E-state index contributed by atoms with van der Waals surface area (Å²) in [5, 5.41) is 0. The molecule has 0 radical (unpaired) electrons. The molecule has 2 rings (SSSR count). The van der Waals surface area contributed by atoms with Crippen LogP contribution in [0, 0.1) is 0 Å². The fourth-order valence-corrected chi connectivity index (χ4v) is 1.35. The first kappa shape index (κ1) is 10.7. The van der Waals surface area contributed by atoms with Crippen molar-refractivity contribution in [1.82, 2.24) is 19.9 Å². The predicted octanol–water partition coefficient (Wildman–Crippen LogP) is 2.23. The normalized spacial score (nSPS) is 11.4. The molecular weight excluding hydrogens is 200 g/mol. The topological polar surface area (TPSA) is 51.6 Å². The summed E-state index contributed by atoms with van der Waals surface area (Å²) in [6, 6.07) is 3.82. The number of hydrogen-bond acceptors (Lipinski definition) is 4. The van der Waals surface area contributed by atoms with Crippen molar-refractivity contribution in [2.24, 2.45) is 0 Å². The van der Waals surface area contributed by atoms with Crippen molar-refractivity contribution in [3.63, 3.8) is 0 Å². The molecule has 0 saturated carbocycles. The largest absolute Gasteiger partial charge is 0.245 e. The van der Waals surface area contributed by atoms with Gasteiger partial charge < -0.3 is 0 Å². The fraction of sp³-hybridized carbons (Fsp3) is 0.333. The van der Waals surface area contributed by atoms with Gasteiger partial charge in [0.25, 0.3) is 0 Å². The van der Waals surface area contributed by atoms with Crippen LogP contribution in [0.1, 0.15) is 26.5 Å². The van der Waals surface area contributed by atoms with Crippen LogP contribution in [-0.4, -0.2) is 19.9 Å². The molecule has 2 aromatic heterocycles. The molecule has 0 aliphatic rings. The van der Waals surface area contributed by atoms with Crippen molar-refractivity contribution < 1.29 is 0 Å². The Kier molecular flexibility index (Phi) is 2.64. The summed E-state index contributed by atoms with van der Waals surface area (Å²) in [5.74, 6) is 0. The summed E-state index contributed by atoms with van der Waals surface area (Å²) in [5.41, 5.74) is 2.69. The zero-order valence-corrected chi connectivity index (χ0v) is 9.68. The maximum absolute atomic E-state index is 4.28. The Labute approximate surface area is 94.8 Å². The summed E-state index contributed by atoms with van der Waals surface area (Å²) in [6.45, 7) is 6.37. The third kappa shape index (κ3) is 2.21. The zero-order chi connectivity index (χ0) is 11.6. The van der Waals surface area contributed by atoms with E-state index in [1.807, 2.05) is 12.1 Å². The molecule has 16 heavy (non-hydrogen) atoms. The van der Waals surface area contributed by atoms with Crippen molar-refractivity contribution in [2.45, 2.75) is 26.2 Å². The zero-order valence-electron chi connectivity index (χ0n) is 9.68. The molecule has 2 heterocycles. The van der Waals surface area contributed by atoms with Gasteiger partial charge in [0.15, 0.2) is 0 Å². The van der Waals surface area contributed by atoms with Gasteiger partial charge in [0.05, 0.1) is 11.4 Å². The molecule has 2 aromatic rings. The number of rotatable bonds is 1. The van der Waals surface area contributed by atoms with Crippen LogP contribution < -0.4 is 0 Å². The number of aromatic nitrogens is 4. The lowest BCUT2D eigenvalue weighted by molar-refractivity contribution is 0.567. The second kappa shape index (κ2) is 3.96. The van der Waals surface area contributed by atoms with Gasteiger partial charge in [-0.05, 0) is 12.1 Å². The van der Waals surface area contributed by atoms with E-state index < -0.39 is 0 Å². The predicted molar refractivity (Wildman–Crippen MR) is 61.8 cm³/mol. The van der Waals surface area contributed by atoms with Crippen LogP contribution in [0.2, 0.25) is 0 Å². The Morgan fingerprint density at radius 1 is 0.938 bits per heavy atom. The maximum Gasteiger partial charge on any atom is 0.116 e. The van der Waals surface area contributed by atoms with Crippen molar-refractivity contribution >= 4 is 0 Å².